The molecule has 3 N–H and O–H groups in total. The van der Waals surface area contributed by atoms with Gasteiger partial charge in [0.25, 0.3) is 10.0 Å². The number of amides is 1. The lowest BCUT2D eigenvalue weighted by Crippen LogP contribution is -2.24. The zero-order chi connectivity index (χ0) is 29.9. The second kappa shape index (κ2) is 10.2. The van der Waals surface area contributed by atoms with E-state index < -0.39 is 15.9 Å². The van der Waals surface area contributed by atoms with Gasteiger partial charge in [0, 0.05) is 29.4 Å². The molecular formula is C33H33N5O3S. The summed E-state index contributed by atoms with van der Waals surface area (Å²) < 4.78 is 29.2. The van der Waals surface area contributed by atoms with Crippen molar-refractivity contribution >= 4 is 27.1 Å². The third-order valence-electron chi connectivity index (χ3n) is 8.40. The average Bonchev–Trinajstić information content (AvgIpc) is 3.34. The van der Waals surface area contributed by atoms with Gasteiger partial charge >= 0.3 is 0 Å². The highest BCUT2D eigenvalue weighted by atomic mass is 32.2. The van der Waals surface area contributed by atoms with Crippen LogP contribution in [0.4, 0.5) is 0 Å². The Labute approximate surface area is 245 Å². The number of nitrogens with zero attached hydrogens (tertiary/aromatic N) is 3. The van der Waals surface area contributed by atoms with Crippen LogP contribution in [0, 0.1) is 34.6 Å². The summed E-state index contributed by atoms with van der Waals surface area (Å²) in [5.74, 6) is -0.506. The van der Waals surface area contributed by atoms with E-state index in [9.17, 15) is 13.2 Å². The quantitative estimate of drug-likeness (QED) is 0.292. The molecule has 0 aliphatic carbocycles. The maximum absolute atomic E-state index is 14.0. The lowest BCUT2D eigenvalue weighted by molar-refractivity contribution is 0.0999. The minimum atomic E-state index is -3.99. The van der Waals surface area contributed by atoms with E-state index in [2.05, 4.69) is 24.4 Å². The van der Waals surface area contributed by atoms with Crippen LogP contribution in [0.25, 0.3) is 33.5 Å². The van der Waals surface area contributed by atoms with E-state index in [-0.39, 0.29) is 10.5 Å². The van der Waals surface area contributed by atoms with Crippen molar-refractivity contribution in [3.8, 4) is 22.4 Å². The first-order valence-corrected chi connectivity index (χ1v) is 15.4. The third-order valence-corrected chi connectivity index (χ3v) is 10.1. The van der Waals surface area contributed by atoms with Crippen LogP contribution in [0.2, 0.25) is 0 Å². The highest BCUT2D eigenvalue weighted by Gasteiger charge is 2.27. The van der Waals surface area contributed by atoms with Crippen LogP contribution in [0.3, 0.4) is 0 Å². The summed E-state index contributed by atoms with van der Waals surface area (Å²) in [6, 6.07) is 12.8. The Morgan fingerprint density at radius 1 is 0.976 bits per heavy atom. The second-order valence-electron chi connectivity index (χ2n) is 11.2. The number of fused-ring (bicyclic) bond motifs is 2. The van der Waals surface area contributed by atoms with Gasteiger partial charge in [0.15, 0.2) is 5.65 Å². The van der Waals surface area contributed by atoms with E-state index in [1.165, 1.54) is 20.7 Å². The number of nitrogens with two attached hydrogens (primary N) is 1. The summed E-state index contributed by atoms with van der Waals surface area (Å²) in [5.41, 5.74) is 17.0. The zero-order valence-electron chi connectivity index (χ0n) is 24.4. The largest absolute Gasteiger partial charge is 0.366 e. The van der Waals surface area contributed by atoms with Gasteiger partial charge in [-0.25, -0.2) is 22.4 Å². The van der Waals surface area contributed by atoms with Gasteiger partial charge in [-0.2, -0.15) is 0 Å². The minimum absolute atomic E-state index is 0.161. The normalized spacial score (nSPS) is 13.4. The van der Waals surface area contributed by atoms with Gasteiger partial charge in [-0.1, -0.05) is 17.7 Å². The Kier molecular flexibility index (Phi) is 6.74. The van der Waals surface area contributed by atoms with Crippen molar-refractivity contribution in [2.24, 2.45) is 5.73 Å². The first kappa shape index (κ1) is 27.8. The Morgan fingerprint density at radius 3 is 2.43 bits per heavy atom. The van der Waals surface area contributed by atoms with Crippen LogP contribution >= 0.6 is 0 Å². The lowest BCUT2D eigenvalue weighted by Gasteiger charge is -2.20. The molecule has 0 atom stereocenters. The highest BCUT2D eigenvalue weighted by molar-refractivity contribution is 7.90. The van der Waals surface area contributed by atoms with Gasteiger partial charge in [0.2, 0.25) is 5.91 Å². The summed E-state index contributed by atoms with van der Waals surface area (Å²) in [7, 11) is -3.99. The van der Waals surface area contributed by atoms with Crippen molar-refractivity contribution in [2.45, 2.75) is 52.5 Å². The molecule has 42 heavy (non-hydrogen) atoms. The van der Waals surface area contributed by atoms with Crippen LogP contribution in [-0.4, -0.2) is 34.8 Å². The summed E-state index contributed by atoms with van der Waals surface area (Å²) in [5, 5.41) is 3.44. The number of aromatic nitrogens is 3. The molecular weight excluding hydrogens is 546 g/mol. The maximum Gasteiger partial charge on any atom is 0.269 e. The topological polar surface area (TPSA) is 120 Å². The number of primary amides is 1. The fourth-order valence-electron chi connectivity index (χ4n) is 6.04. The van der Waals surface area contributed by atoms with Gasteiger partial charge < -0.3 is 11.1 Å². The molecule has 0 radical (unpaired) electrons. The SMILES string of the molecule is Cc1ccc(S(=O)(=O)n2cc(-c3c(C)cc(C(N)=O)c(C)c3C)c3nc(-c4cc(C)c5c(c4)CNCC5)cnc32)cc1. The molecule has 9 heteroatoms. The summed E-state index contributed by atoms with van der Waals surface area (Å²) in [6.07, 6.45) is 4.23. The molecule has 0 saturated heterocycles. The van der Waals surface area contributed by atoms with E-state index in [4.69, 9.17) is 15.7 Å². The van der Waals surface area contributed by atoms with Crippen LogP contribution in [0.5, 0.6) is 0 Å². The Morgan fingerprint density at radius 2 is 1.71 bits per heavy atom. The first-order valence-electron chi connectivity index (χ1n) is 13.9. The number of carbonyl (C=O) groups excluding carboxylic acids is 1. The predicted octanol–water partition coefficient (Wildman–Crippen LogP) is 5.29. The summed E-state index contributed by atoms with van der Waals surface area (Å²) in [6.45, 7) is 11.4. The number of carbonyl (C=O) groups is 1. The minimum Gasteiger partial charge on any atom is -0.366 e. The van der Waals surface area contributed by atoms with Crippen molar-refractivity contribution < 1.29 is 13.2 Å². The molecule has 0 fully saturated rings. The Hall–Kier alpha value is -4.34. The standard InChI is InChI=1S/C33H33N5O3S/c1-18-6-8-25(9-7-18)42(40,41)38-17-28(30-20(3)13-27(32(34)39)21(4)22(30)5)31-33(38)36-16-29(37-31)23-12-19(2)26-10-11-35-15-24(26)14-23/h6-9,12-14,16-17,35H,10-11,15H2,1-5H3,(H2,34,39). The van der Waals surface area contributed by atoms with E-state index >= 15 is 0 Å². The first-order chi connectivity index (χ1) is 20.0. The van der Waals surface area contributed by atoms with E-state index in [0.717, 1.165) is 52.9 Å². The molecule has 0 spiro atoms. The van der Waals surface area contributed by atoms with E-state index in [0.29, 0.717) is 22.3 Å². The van der Waals surface area contributed by atoms with Crippen molar-refractivity contribution in [3.05, 3.63) is 99.4 Å². The third kappa shape index (κ3) is 4.49. The molecule has 1 amide bonds. The predicted molar refractivity (Wildman–Crippen MR) is 165 cm³/mol. The Balaban J connectivity index is 1.63. The van der Waals surface area contributed by atoms with Crippen molar-refractivity contribution in [1.29, 1.82) is 0 Å². The lowest BCUT2D eigenvalue weighted by atomic mass is 9.90. The van der Waals surface area contributed by atoms with Crippen LogP contribution in [-0.2, 0) is 23.0 Å². The van der Waals surface area contributed by atoms with Gasteiger partial charge in [0.05, 0.1) is 16.8 Å². The number of nitrogens with one attached hydrogen (secondary N) is 1. The molecule has 8 nitrogen and oxygen atoms in total. The van der Waals surface area contributed by atoms with Gasteiger partial charge in [-0.05, 0) is 117 Å². The smallest absolute Gasteiger partial charge is 0.269 e. The van der Waals surface area contributed by atoms with Crippen molar-refractivity contribution in [2.75, 3.05) is 6.54 Å². The molecule has 6 rings (SSSR count). The molecule has 0 unspecified atom stereocenters. The molecule has 0 saturated carbocycles. The summed E-state index contributed by atoms with van der Waals surface area (Å²) in [4.78, 5) is 22.1. The molecule has 1 aliphatic heterocycles. The summed E-state index contributed by atoms with van der Waals surface area (Å²) >= 11 is 0. The van der Waals surface area contributed by atoms with Gasteiger partial charge in [0.1, 0.15) is 5.52 Å². The van der Waals surface area contributed by atoms with E-state index in [1.54, 1.807) is 42.7 Å². The highest BCUT2D eigenvalue weighted by Crippen LogP contribution is 2.38. The fraction of sp³-hybridized carbons (Fsp3) is 0.242. The molecule has 3 heterocycles. The van der Waals surface area contributed by atoms with Crippen LogP contribution < -0.4 is 11.1 Å². The Bertz CT molecular complexity index is 2030. The monoisotopic (exact) mass is 579 g/mol. The van der Waals surface area contributed by atoms with Gasteiger partial charge in [-0.15, -0.1) is 0 Å². The van der Waals surface area contributed by atoms with Crippen LogP contribution in [0.15, 0.2) is 59.8 Å². The molecule has 5 aromatic rings. The molecule has 214 valence electrons. The molecule has 1 aliphatic rings. The maximum atomic E-state index is 14.0. The number of rotatable bonds is 5. The average molecular weight is 580 g/mol. The zero-order valence-corrected chi connectivity index (χ0v) is 25.2. The molecule has 2 aromatic heterocycles. The van der Waals surface area contributed by atoms with Gasteiger partial charge in [-0.3, -0.25) is 4.79 Å². The second-order valence-corrected chi connectivity index (χ2v) is 13.0. The molecule has 3 aromatic carbocycles. The number of hydrogen-bond donors (Lipinski definition) is 2. The van der Waals surface area contributed by atoms with Crippen molar-refractivity contribution in [1.82, 2.24) is 19.3 Å². The number of hydrogen-bond acceptors (Lipinski definition) is 6. The number of aryl methyl sites for hydroxylation is 3. The van der Waals surface area contributed by atoms with Crippen LogP contribution in [0.1, 0.15) is 49.3 Å². The number of benzene rings is 3. The fourth-order valence-corrected chi connectivity index (χ4v) is 7.35. The van der Waals surface area contributed by atoms with Crippen molar-refractivity contribution in [3.63, 3.8) is 0 Å². The molecule has 0 bridgehead atoms. The van der Waals surface area contributed by atoms with E-state index in [1.807, 2.05) is 27.7 Å².